The van der Waals surface area contributed by atoms with Gasteiger partial charge in [-0.2, -0.15) is 10.1 Å². The third-order valence-corrected chi connectivity index (χ3v) is 4.29. The van der Waals surface area contributed by atoms with Gasteiger partial charge in [-0.1, -0.05) is 11.6 Å². The van der Waals surface area contributed by atoms with E-state index in [1.165, 1.54) is 10.7 Å². The Bertz CT molecular complexity index is 847. The molecule has 6 nitrogen and oxygen atoms in total. The summed E-state index contributed by atoms with van der Waals surface area (Å²) in [5.74, 6) is -0.570. The molecule has 1 fully saturated rings. The van der Waals surface area contributed by atoms with Crippen molar-refractivity contribution < 1.29 is 8.81 Å². The molecule has 4 rings (SSSR count). The number of nitrogens with one attached hydrogen (secondary N) is 1. The van der Waals surface area contributed by atoms with Crippen LogP contribution in [0.2, 0.25) is 5.02 Å². The van der Waals surface area contributed by atoms with Crippen molar-refractivity contribution in [1.82, 2.24) is 20.1 Å². The molecular weight excluding hydrogens is 321 g/mol. The first-order valence-electron chi connectivity index (χ1n) is 7.41. The lowest BCUT2D eigenvalue weighted by Crippen LogP contribution is -2.50. The molecule has 1 N–H and O–H groups in total. The molecule has 120 valence electrons. The number of aromatic nitrogens is 3. The first-order chi connectivity index (χ1) is 11.1. The second-order valence-corrected chi connectivity index (χ2v) is 5.97. The molecule has 0 bridgehead atoms. The van der Waals surface area contributed by atoms with Gasteiger partial charge in [-0.25, -0.2) is 9.07 Å². The Kier molecular flexibility index (Phi) is 3.46. The van der Waals surface area contributed by atoms with Crippen LogP contribution in [0.25, 0.3) is 16.8 Å². The van der Waals surface area contributed by atoms with Gasteiger partial charge in [0, 0.05) is 38.1 Å². The number of anilines is 1. The third kappa shape index (κ3) is 2.36. The molecule has 0 saturated carbocycles. The summed E-state index contributed by atoms with van der Waals surface area (Å²) in [5.41, 5.74) is 1.04. The summed E-state index contributed by atoms with van der Waals surface area (Å²) < 4.78 is 21.8. The third-order valence-electron chi connectivity index (χ3n) is 4.02. The van der Waals surface area contributed by atoms with Gasteiger partial charge in [0.15, 0.2) is 11.4 Å². The lowest BCUT2D eigenvalue weighted by atomic mass is 10.2. The standard InChI is InChI=1S/C15H15ClFN5O/c1-9-8-18-4-6-21(9)15-20-11-7-10(16)12(17)13(14(11)23-15)22-5-2-3-19-22/h2-3,5,7,9,18H,4,6,8H2,1H3. The minimum atomic E-state index is -0.570. The summed E-state index contributed by atoms with van der Waals surface area (Å²) in [5, 5.41) is 7.39. The van der Waals surface area contributed by atoms with E-state index in [0.717, 1.165) is 19.6 Å². The van der Waals surface area contributed by atoms with Crippen LogP contribution in [0.3, 0.4) is 0 Å². The van der Waals surface area contributed by atoms with Gasteiger partial charge in [-0.3, -0.25) is 0 Å². The number of fused-ring (bicyclic) bond motifs is 1. The summed E-state index contributed by atoms with van der Waals surface area (Å²) in [6.45, 7) is 4.56. The smallest absolute Gasteiger partial charge is 0.298 e. The molecular formula is C15H15ClFN5O. The molecule has 3 heterocycles. The summed E-state index contributed by atoms with van der Waals surface area (Å²) >= 11 is 6.01. The fourth-order valence-corrected chi connectivity index (χ4v) is 3.03. The highest BCUT2D eigenvalue weighted by Crippen LogP contribution is 2.33. The van der Waals surface area contributed by atoms with Crippen molar-refractivity contribution in [2.75, 3.05) is 24.5 Å². The Morgan fingerprint density at radius 2 is 2.35 bits per heavy atom. The van der Waals surface area contributed by atoms with Gasteiger partial charge >= 0.3 is 0 Å². The molecule has 1 unspecified atom stereocenters. The second-order valence-electron chi connectivity index (χ2n) is 5.56. The van der Waals surface area contributed by atoms with E-state index < -0.39 is 5.82 Å². The van der Waals surface area contributed by atoms with Gasteiger partial charge in [0.2, 0.25) is 0 Å². The van der Waals surface area contributed by atoms with Crippen LogP contribution in [0, 0.1) is 5.82 Å². The van der Waals surface area contributed by atoms with Crippen LogP contribution in [0.1, 0.15) is 6.92 Å². The highest BCUT2D eigenvalue weighted by molar-refractivity contribution is 6.31. The van der Waals surface area contributed by atoms with Crippen LogP contribution in [-0.4, -0.2) is 40.4 Å². The van der Waals surface area contributed by atoms with E-state index in [9.17, 15) is 4.39 Å². The van der Waals surface area contributed by atoms with Crippen LogP contribution in [0.4, 0.5) is 10.4 Å². The van der Waals surface area contributed by atoms with Gasteiger partial charge < -0.3 is 14.6 Å². The normalized spacial score (nSPS) is 18.7. The molecule has 3 aromatic rings. The van der Waals surface area contributed by atoms with E-state index in [2.05, 4.69) is 27.2 Å². The molecule has 1 aliphatic heterocycles. The van der Waals surface area contributed by atoms with Crippen molar-refractivity contribution >= 4 is 28.7 Å². The highest BCUT2D eigenvalue weighted by Gasteiger charge is 2.25. The molecule has 1 atom stereocenters. The molecule has 0 amide bonds. The van der Waals surface area contributed by atoms with Crippen molar-refractivity contribution in [1.29, 1.82) is 0 Å². The number of hydrogen-bond donors (Lipinski definition) is 1. The number of hydrogen-bond acceptors (Lipinski definition) is 5. The first-order valence-corrected chi connectivity index (χ1v) is 7.79. The fraction of sp³-hybridized carbons (Fsp3) is 0.333. The van der Waals surface area contributed by atoms with E-state index in [4.69, 9.17) is 16.0 Å². The molecule has 0 spiro atoms. The quantitative estimate of drug-likeness (QED) is 0.780. The second kappa shape index (κ2) is 5.50. The maximum atomic E-state index is 14.5. The molecule has 23 heavy (non-hydrogen) atoms. The van der Waals surface area contributed by atoms with Gasteiger partial charge in [-0.15, -0.1) is 0 Å². The first kappa shape index (κ1) is 14.5. The van der Waals surface area contributed by atoms with Crippen LogP contribution in [0.5, 0.6) is 0 Å². The molecule has 1 aliphatic rings. The van der Waals surface area contributed by atoms with E-state index in [1.54, 1.807) is 18.5 Å². The summed E-state index contributed by atoms with van der Waals surface area (Å²) in [4.78, 5) is 6.56. The highest BCUT2D eigenvalue weighted by atomic mass is 35.5. The van der Waals surface area contributed by atoms with Crippen LogP contribution in [-0.2, 0) is 0 Å². The van der Waals surface area contributed by atoms with Crippen LogP contribution < -0.4 is 10.2 Å². The van der Waals surface area contributed by atoms with E-state index in [0.29, 0.717) is 17.1 Å². The van der Waals surface area contributed by atoms with E-state index in [-0.39, 0.29) is 16.8 Å². The topological polar surface area (TPSA) is 59.1 Å². The zero-order chi connectivity index (χ0) is 16.0. The lowest BCUT2D eigenvalue weighted by molar-refractivity contribution is 0.455. The average molecular weight is 336 g/mol. The Hall–Kier alpha value is -2.12. The minimum Gasteiger partial charge on any atom is -0.421 e. The fourth-order valence-electron chi connectivity index (χ4n) is 2.84. The molecule has 1 saturated heterocycles. The number of nitrogens with zero attached hydrogens (tertiary/aromatic N) is 4. The molecule has 0 aliphatic carbocycles. The van der Waals surface area contributed by atoms with Gasteiger partial charge in [0.05, 0.1) is 5.02 Å². The number of piperazine rings is 1. The Morgan fingerprint density at radius 1 is 1.48 bits per heavy atom. The molecule has 8 heteroatoms. The number of benzene rings is 1. The molecule has 1 aromatic carbocycles. The predicted molar refractivity (Wildman–Crippen MR) is 85.8 cm³/mol. The number of oxazole rings is 1. The van der Waals surface area contributed by atoms with E-state index in [1.807, 2.05) is 0 Å². The predicted octanol–water partition coefficient (Wildman–Crippen LogP) is 2.60. The number of halogens is 2. The van der Waals surface area contributed by atoms with Crippen molar-refractivity contribution in [3.8, 4) is 5.69 Å². The zero-order valence-electron chi connectivity index (χ0n) is 12.5. The van der Waals surface area contributed by atoms with E-state index >= 15 is 0 Å². The summed E-state index contributed by atoms with van der Waals surface area (Å²) in [7, 11) is 0. The van der Waals surface area contributed by atoms with Gasteiger partial charge in [0.25, 0.3) is 6.01 Å². The largest absolute Gasteiger partial charge is 0.421 e. The summed E-state index contributed by atoms with van der Waals surface area (Å²) in [6, 6.07) is 3.91. The van der Waals surface area contributed by atoms with Crippen molar-refractivity contribution in [2.45, 2.75) is 13.0 Å². The van der Waals surface area contributed by atoms with Crippen molar-refractivity contribution in [3.05, 3.63) is 35.4 Å². The maximum Gasteiger partial charge on any atom is 0.298 e. The zero-order valence-corrected chi connectivity index (χ0v) is 13.2. The van der Waals surface area contributed by atoms with Crippen molar-refractivity contribution in [3.63, 3.8) is 0 Å². The Morgan fingerprint density at radius 3 is 3.09 bits per heavy atom. The van der Waals surface area contributed by atoms with Crippen LogP contribution in [0.15, 0.2) is 28.9 Å². The lowest BCUT2D eigenvalue weighted by Gasteiger charge is -2.32. The Balaban J connectivity index is 1.90. The van der Waals surface area contributed by atoms with Crippen LogP contribution >= 0.6 is 11.6 Å². The summed E-state index contributed by atoms with van der Waals surface area (Å²) in [6.07, 6.45) is 3.21. The average Bonchev–Trinajstić information content (AvgIpc) is 3.18. The van der Waals surface area contributed by atoms with Crippen molar-refractivity contribution in [2.24, 2.45) is 0 Å². The monoisotopic (exact) mass is 335 g/mol. The van der Waals surface area contributed by atoms with Gasteiger partial charge in [0.1, 0.15) is 11.2 Å². The molecule has 0 radical (unpaired) electrons. The molecule has 2 aromatic heterocycles. The Labute approximate surface area is 136 Å². The SMILES string of the molecule is CC1CNCCN1c1nc2cc(Cl)c(F)c(-n3cccn3)c2o1. The minimum absolute atomic E-state index is 0.00351. The number of rotatable bonds is 2. The maximum absolute atomic E-state index is 14.5. The van der Waals surface area contributed by atoms with Gasteiger partial charge in [-0.05, 0) is 19.1 Å².